The Morgan fingerprint density at radius 1 is 0.921 bits per heavy atom. The van der Waals surface area contributed by atoms with E-state index in [0.29, 0.717) is 37.4 Å². The maximum atomic E-state index is 13.4. The minimum absolute atomic E-state index is 0.0454. The first-order valence-corrected chi connectivity index (χ1v) is 12.1. The van der Waals surface area contributed by atoms with E-state index < -0.39 is 23.1 Å². The van der Waals surface area contributed by atoms with Gasteiger partial charge in [0.1, 0.15) is 28.2 Å². The number of carbonyl (C=O) groups is 2. The highest BCUT2D eigenvalue weighted by molar-refractivity contribution is 5.91. The van der Waals surface area contributed by atoms with Crippen LogP contribution in [0, 0.1) is 0 Å². The molecule has 3 N–H and O–H groups in total. The van der Waals surface area contributed by atoms with Gasteiger partial charge >= 0.3 is 5.97 Å². The van der Waals surface area contributed by atoms with E-state index in [2.05, 4.69) is 0 Å². The van der Waals surface area contributed by atoms with Crippen molar-refractivity contribution < 1.29 is 34.1 Å². The fourth-order valence-electron chi connectivity index (χ4n) is 4.76. The maximum absolute atomic E-state index is 13.4. The summed E-state index contributed by atoms with van der Waals surface area (Å²) in [5.74, 6) is -2.70. The van der Waals surface area contributed by atoms with E-state index in [1.165, 1.54) is 18.2 Å². The number of carboxylic acids is 1. The lowest BCUT2D eigenvalue weighted by molar-refractivity contribution is -0.135. The lowest BCUT2D eigenvalue weighted by Crippen LogP contribution is -2.41. The number of nitrogens with zero attached hydrogens (tertiary/aromatic N) is 1. The Hall–Kier alpha value is -4.63. The number of amides is 1. The predicted molar refractivity (Wildman–Crippen MR) is 139 cm³/mol. The molecule has 1 aromatic heterocycles. The Kier molecular flexibility index (Phi) is 6.85. The van der Waals surface area contributed by atoms with Gasteiger partial charge < -0.3 is 29.4 Å². The molecule has 0 saturated carbocycles. The number of ether oxygens (including phenoxy) is 1. The number of hydrogen-bond acceptors (Lipinski definition) is 7. The van der Waals surface area contributed by atoms with Crippen LogP contribution in [0.5, 0.6) is 11.5 Å². The Bertz CT molecular complexity index is 1550. The lowest BCUT2D eigenvalue weighted by atomic mass is 9.85. The molecule has 4 aromatic rings. The molecule has 1 atom stereocenters. The van der Waals surface area contributed by atoms with Crippen molar-refractivity contribution in [2.24, 2.45) is 0 Å². The van der Waals surface area contributed by atoms with Crippen LogP contribution in [-0.2, 0) is 9.53 Å². The van der Waals surface area contributed by atoms with Gasteiger partial charge in [-0.05, 0) is 17.7 Å². The standard InChI is InChI=1S/C29H25NO8/c31-21-15-22(32)27-23(33)16-24(18-4-2-1-3-5-18)38-28(27)26(21)20(14-25(34)30-10-12-37-13-11-30)17-6-8-19(9-7-17)29(35)36/h1-9,15-16,20,31-32H,10-14H2,(H,35,36)/t20-/m1/s1. The van der Waals surface area contributed by atoms with Crippen molar-refractivity contribution in [3.63, 3.8) is 0 Å². The number of phenols is 2. The van der Waals surface area contributed by atoms with E-state index >= 15 is 0 Å². The van der Waals surface area contributed by atoms with Crippen LogP contribution in [0.3, 0.4) is 0 Å². The third-order valence-electron chi connectivity index (χ3n) is 6.71. The molecule has 9 heteroatoms. The lowest BCUT2D eigenvalue weighted by Gasteiger charge is -2.29. The van der Waals surface area contributed by atoms with Gasteiger partial charge in [-0.15, -0.1) is 0 Å². The van der Waals surface area contributed by atoms with Crippen LogP contribution >= 0.6 is 0 Å². The van der Waals surface area contributed by atoms with Gasteiger partial charge in [-0.1, -0.05) is 42.5 Å². The van der Waals surface area contributed by atoms with Gasteiger partial charge in [-0.2, -0.15) is 0 Å². The minimum Gasteiger partial charge on any atom is -0.507 e. The van der Waals surface area contributed by atoms with E-state index in [-0.39, 0.29) is 45.9 Å². The van der Waals surface area contributed by atoms with Crippen molar-refractivity contribution in [1.82, 2.24) is 4.90 Å². The summed E-state index contributed by atoms with van der Waals surface area (Å²) in [5, 5.41) is 30.9. The van der Waals surface area contributed by atoms with Gasteiger partial charge in [0.05, 0.1) is 18.8 Å². The predicted octanol–water partition coefficient (Wildman–Crippen LogP) is 3.95. The molecule has 9 nitrogen and oxygen atoms in total. The monoisotopic (exact) mass is 515 g/mol. The first-order valence-electron chi connectivity index (χ1n) is 12.1. The molecular weight excluding hydrogens is 490 g/mol. The van der Waals surface area contributed by atoms with E-state index in [4.69, 9.17) is 9.15 Å². The van der Waals surface area contributed by atoms with E-state index in [9.17, 15) is 29.7 Å². The average Bonchev–Trinajstić information content (AvgIpc) is 2.93. The van der Waals surface area contributed by atoms with Crippen LogP contribution in [0.15, 0.2) is 75.9 Å². The Labute approximate surface area is 217 Å². The van der Waals surface area contributed by atoms with Gasteiger partial charge in [0.15, 0.2) is 5.43 Å². The number of rotatable bonds is 6. The summed E-state index contributed by atoms with van der Waals surface area (Å²) < 4.78 is 11.5. The van der Waals surface area contributed by atoms with Crippen molar-refractivity contribution in [2.75, 3.05) is 26.3 Å². The smallest absolute Gasteiger partial charge is 0.335 e. The van der Waals surface area contributed by atoms with Gasteiger partial charge in [0.2, 0.25) is 5.91 Å². The van der Waals surface area contributed by atoms with Crippen molar-refractivity contribution >= 4 is 22.8 Å². The summed E-state index contributed by atoms with van der Waals surface area (Å²) >= 11 is 0. The third kappa shape index (κ3) is 4.83. The minimum atomic E-state index is -1.10. The summed E-state index contributed by atoms with van der Waals surface area (Å²) in [4.78, 5) is 39.6. The summed E-state index contributed by atoms with van der Waals surface area (Å²) in [6, 6.07) is 17.2. The number of aromatic hydroxyl groups is 2. The van der Waals surface area contributed by atoms with Crippen LogP contribution in [0.2, 0.25) is 0 Å². The fourth-order valence-corrected chi connectivity index (χ4v) is 4.76. The largest absolute Gasteiger partial charge is 0.507 e. The Balaban J connectivity index is 1.71. The zero-order valence-corrected chi connectivity index (χ0v) is 20.3. The number of hydrogen-bond donors (Lipinski definition) is 3. The first-order chi connectivity index (χ1) is 18.3. The van der Waals surface area contributed by atoms with Crippen LogP contribution in [0.4, 0.5) is 0 Å². The molecule has 0 spiro atoms. The molecule has 5 rings (SSSR count). The number of carboxylic acid groups (broad SMARTS) is 1. The highest BCUT2D eigenvalue weighted by Gasteiger charge is 2.30. The molecule has 0 unspecified atom stereocenters. The average molecular weight is 516 g/mol. The molecule has 3 aromatic carbocycles. The number of phenolic OH excluding ortho intramolecular Hbond substituents is 2. The first kappa shape index (κ1) is 25.0. The molecule has 1 fully saturated rings. The highest BCUT2D eigenvalue weighted by Crippen LogP contribution is 2.43. The summed E-state index contributed by atoms with van der Waals surface area (Å²) in [6.07, 6.45) is -0.0981. The molecule has 1 aliphatic heterocycles. The number of benzene rings is 3. The number of aromatic carboxylic acids is 1. The molecule has 1 aliphatic rings. The van der Waals surface area contributed by atoms with Gasteiger partial charge in [-0.25, -0.2) is 4.79 Å². The van der Waals surface area contributed by atoms with Crippen molar-refractivity contribution in [1.29, 1.82) is 0 Å². The zero-order valence-electron chi connectivity index (χ0n) is 20.3. The maximum Gasteiger partial charge on any atom is 0.335 e. The summed E-state index contributed by atoms with van der Waals surface area (Å²) in [7, 11) is 0. The fraction of sp³-hybridized carbons (Fsp3) is 0.207. The van der Waals surface area contributed by atoms with Crippen molar-refractivity contribution in [2.45, 2.75) is 12.3 Å². The van der Waals surface area contributed by atoms with Crippen LogP contribution in [-0.4, -0.2) is 58.4 Å². The number of morpholine rings is 1. The molecule has 38 heavy (non-hydrogen) atoms. The Morgan fingerprint density at radius 3 is 2.26 bits per heavy atom. The molecular formula is C29H25NO8. The molecule has 2 heterocycles. The van der Waals surface area contributed by atoms with Crippen LogP contribution < -0.4 is 5.43 Å². The van der Waals surface area contributed by atoms with Gasteiger partial charge in [0, 0.05) is 48.7 Å². The molecule has 1 amide bonds. The van der Waals surface area contributed by atoms with Gasteiger partial charge in [0.25, 0.3) is 0 Å². The molecule has 0 bridgehead atoms. The second-order valence-electron chi connectivity index (χ2n) is 9.05. The van der Waals surface area contributed by atoms with Crippen molar-refractivity contribution in [3.8, 4) is 22.8 Å². The molecule has 1 saturated heterocycles. The second-order valence-corrected chi connectivity index (χ2v) is 9.05. The third-order valence-corrected chi connectivity index (χ3v) is 6.71. The second kappa shape index (κ2) is 10.4. The SMILES string of the molecule is O=C(O)c1ccc([C@@H](CC(=O)N2CCOCC2)c2c(O)cc(O)c3c(=O)cc(-c4ccccc4)oc23)cc1. The molecule has 0 radical (unpaired) electrons. The topological polar surface area (TPSA) is 138 Å². The zero-order chi connectivity index (χ0) is 26.8. The highest BCUT2D eigenvalue weighted by atomic mass is 16.5. The van der Waals surface area contributed by atoms with Gasteiger partial charge in [-0.3, -0.25) is 9.59 Å². The van der Waals surface area contributed by atoms with Crippen molar-refractivity contribution in [3.05, 3.63) is 93.6 Å². The van der Waals surface area contributed by atoms with E-state index in [1.54, 1.807) is 41.3 Å². The quantitative estimate of drug-likeness (QED) is 0.351. The summed E-state index contributed by atoms with van der Waals surface area (Å²) in [6.45, 7) is 1.65. The Morgan fingerprint density at radius 2 is 1.61 bits per heavy atom. The van der Waals surface area contributed by atoms with Crippen LogP contribution in [0.1, 0.15) is 33.8 Å². The van der Waals surface area contributed by atoms with E-state index in [1.807, 2.05) is 6.07 Å². The normalized spacial score (nSPS) is 14.4. The summed E-state index contributed by atoms with van der Waals surface area (Å²) in [5.41, 5.74) is 0.806. The number of carbonyl (C=O) groups excluding carboxylic acids is 1. The molecule has 194 valence electrons. The number of fused-ring (bicyclic) bond motifs is 1. The van der Waals surface area contributed by atoms with Crippen LogP contribution in [0.25, 0.3) is 22.3 Å². The van der Waals surface area contributed by atoms with E-state index in [0.717, 1.165) is 6.07 Å². The molecule has 0 aliphatic carbocycles.